The second kappa shape index (κ2) is 7.10. The standard InChI is InChI=1S/C21H33N3O3/c1-13(2)23-18(25)12-22-19(26)17-4-3-5-24(17)20(27)21-9-14-6-15(10-21)8-16(7-14)11-21/h13-17H,3-12H2,1-2H3,(H,22,26)(H,23,25). The van der Waals surface area contributed by atoms with Crippen LogP contribution in [0.1, 0.15) is 65.2 Å². The number of hydrogen-bond donors (Lipinski definition) is 2. The lowest BCUT2D eigenvalue weighted by Crippen LogP contribution is -2.57. The molecule has 5 aliphatic rings. The molecule has 5 fully saturated rings. The van der Waals surface area contributed by atoms with Crippen LogP contribution in [0.25, 0.3) is 0 Å². The lowest BCUT2D eigenvalue weighted by molar-refractivity contribution is -0.160. The van der Waals surface area contributed by atoms with Crippen LogP contribution < -0.4 is 10.6 Å². The van der Waals surface area contributed by atoms with Crippen molar-refractivity contribution in [2.24, 2.45) is 23.2 Å². The summed E-state index contributed by atoms with van der Waals surface area (Å²) in [5.74, 6) is 2.02. The Labute approximate surface area is 161 Å². The molecule has 4 aliphatic carbocycles. The van der Waals surface area contributed by atoms with Gasteiger partial charge in [0.05, 0.1) is 12.0 Å². The molecule has 27 heavy (non-hydrogen) atoms. The van der Waals surface area contributed by atoms with Crippen molar-refractivity contribution in [3.05, 3.63) is 0 Å². The average Bonchev–Trinajstić information content (AvgIpc) is 3.06. The minimum Gasteiger partial charge on any atom is -0.352 e. The molecule has 2 N–H and O–H groups in total. The summed E-state index contributed by atoms with van der Waals surface area (Å²) in [6.45, 7) is 4.44. The van der Waals surface area contributed by atoms with Gasteiger partial charge in [-0.3, -0.25) is 14.4 Å². The lowest BCUT2D eigenvalue weighted by atomic mass is 9.49. The third kappa shape index (κ3) is 3.59. The second-order valence-electron chi connectivity index (χ2n) is 9.79. The van der Waals surface area contributed by atoms with Gasteiger partial charge < -0.3 is 15.5 Å². The van der Waals surface area contributed by atoms with Crippen LogP contribution in [0.5, 0.6) is 0 Å². The van der Waals surface area contributed by atoms with Crippen molar-refractivity contribution in [3.63, 3.8) is 0 Å². The number of amides is 3. The topological polar surface area (TPSA) is 78.5 Å². The first-order chi connectivity index (χ1) is 12.9. The number of carbonyl (C=O) groups is 3. The van der Waals surface area contributed by atoms with Gasteiger partial charge in [-0.25, -0.2) is 0 Å². The highest BCUT2D eigenvalue weighted by Crippen LogP contribution is 2.60. The maximum Gasteiger partial charge on any atom is 0.243 e. The van der Waals surface area contributed by atoms with E-state index in [9.17, 15) is 14.4 Å². The van der Waals surface area contributed by atoms with Gasteiger partial charge in [-0.05, 0) is 83.0 Å². The Balaban J connectivity index is 1.40. The fourth-order valence-corrected chi connectivity index (χ4v) is 6.62. The largest absolute Gasteiger partial charge is 0.352 e. The molecule has 1 heterocycles. The van der Waals surface area contributed by atoms with E-state index in [0.717, 1.165) is 43.4 Å². The van der Waals surface area contributed by atoms with E-state index in [1.54, 1.807) is 0 Å². The van der Waals surface area contributed by atoms with Crippen molar-refractivity contribution in [3.8, 4) is 0 Å². The average molecular weight is 376 g/mol. The van der Waals surface area contributed by atoms with Gasteiger partial charge in [0, 0.05) is 12.6 Å². The molecule has 0 aromatic carbocycles. The molecule has 6 heteroatoms. The van der Waals surface area contributed by atoms with Crippen LogP contribution in [0.2, 0.25) is 0 Å². The Hall–Kier alpha value is -1.59. The minimum atomic E-state index is -0.405. The highest BCUT2D eigenvalue weighted by atomic mass is 16.2. The summed E-state index contributed by atoms with van der Waals surface area (Å²) >= 11 is 0. The molecule has 4 saturated carbocycles. The molecule has 0 aromatic heterocycles. The van der Waals surface area contributed by atoms with Crippen molar-refractivity contribution < 1.29 is 14.4 Å². The van der Waals surface area contributed by atoms with Crippen LogP contribution in [0.15, 0.2) is 0 Å². The first-order valence-electron chi connectivity index (χ1n) is 10.7. The van der Waals surface area contributed by atoms with Crippen LogP contribution in [0.3, 0.4) is 0 Å². The van der Waals surface area contributed by atoms with E-state index < -0.39 is 6.04 Å². The number of nitrogens with zero attached hydrogens (tertiary/aromatic N) is 1. The van der Waals surface area contributed by atoms with Gasteiger partial charge in [0.15, 0.2) is 0 Å². The number of hydrogen-bond acceptors (Lipinski definition) is 3. The quantitative estimate of drug-likeness (QED) is 0.770. The van der Waals surface area contributed by atoms with E-state index in [0.29, 0.717) is 13.0 Å². The summed E-state index contributed by atoms with van der Waals surface area (Å²) in [6, 6.07) is -0.354. The molecule has 6 nitrogen and oxygen atoms in total. The molecule has 0 radical (unpaired) electrons. The number of nitrogens with one attached hydrogen (secondary N) is 2. The number of rotatable bonds is 5. The summed E-state index contributed by atoms with van der Waals surface area (Å²) in [5, 5.41) is 5.52. The number of likely N-dealkylation sites (tertiary alicyclic amines) is 1. The third-order valence-electron chi connectivity index (χ3n) is 7.18. The monoisotopic (exact) mass is 375 g/mol. The Kier molecular flexibility index (Phi) is 4.93. The van der Waals surface area contributed by atoms with Gasteiger partial charge in [-0.2, -0.15) is 0 Å². The fourth-order valence-electron chi connectivity index (χ4n) is 6.62. The second-order valence-corrected chi connectivity index (χ2v) is 9.79. The minimum absolute atomic E-state index is 0.0209. The molecule has 0 aromatic rings. The maximum absolute atomic E-state index is 13.6. The zero-order chi connectivity index (χ0) is 19.2. The zero-order valence-corrected chi connectivity index (χ0v) is 16.6. The van der Waals surface area contributed by atoms with Crippen molar-refractivity contribution in [1.29, 1.82) is 0 Å². The molecular formula is C21H33N3O3. The van der Waals surface area contributed by atoms with E-state index in [4.69, 9.17) is 0 Å². The predicted molar refractivity (Wildman–Crippen MR) is 102 cm³/mol. The molecule has 150 valence electrons. The van der Waals surface area contributed by atoms with Gasteiger partial charge in [0.2, 0.25) is 17.7 Å². The van der Waals surface area contributed by atoms with E-state index >= 15 is 0 Å². The maximum atomic E-state index is 13.6. The Morgan fingerprint density at radius 2 is 1.63 bits per heavy atom. The Morgan fingerprint density at radius 3 is 2.19 bits per heavy atom. The highest BCUT2D eigenvalue weighted by Gasteiger charge is 2.56. The van der Waals surface area contributed by atoms with E-state index in [2.05, 4.69) is 10.6 Å². The van der Waals surface area contributed by atoms with Gasteiger partial charge in [0.25, 0.3) is 0 Å². The van der Waals surface area contributed by atoms with E-state index in [1.807, 2.05) is 18.7 Å². The van der Waals surface area contributed by atoms with Crippen LogP contribution in [-0.4, -0.2) is 47.8 Å². The lowest BCUT2D eigenvalue weighted by Gasteiger charge is -2.56. The van der Waals surface area contributed by atoms with Gasteiger partial charge >= 0.3 is 0 Å². The fraction of sp³-hybridized carbons (Fsp3) is 0.857. The van der Waals surface area contributed by atoms with E-state index in [-0.39, 0.29) is 35.7 Å². The van der Waals surface area contributed by atoms with Crippen LogP contribution in [-0.2, 0) is 14.4 Å². The molecule has 4 bridgehead atoms. The van der Waals surface area contributed by atoms with Crippen molar-refractivity contribution in [2.75, 3.05) is 13.1 Å². The normalized spacial score (nSPS) is 36.9. The number of carbonyl (C=O) groups excluding carboxylic acids is 3. The van der Waals surface area contributed by atoms with Gasteiger partial charge in [-0.15, -0.1) is 0 Å². The molecule has 1 atom stereocenters. The third-order valence-corrected chi connectivity index (χ3v) is 7.18. The summed E-state index contributed by atoms with van der Waals surface area (Å²) in [6.07, 6.45) is 8.58. The van der Waals surface area contributed by atoms with Crippen LogP contribution >= 0.6 is 0 Å². The van der Waals surface area contributed by atoms with Gasteiger partial charge in [0.1, 0.15) is 6.04 Å². The molecule has 5 rings (SSSR count). The van der Waals surface area contributed by atoms with Crippen LogP contribution in [0, 0.1) is 23.2 Å². The molecular weight excluding hydrogens is 342 g/mol. The van der Waals surface area contributed by atoms with E-state index in [1.165, 1.54) is 19.3 Å². The summed E-state index contributed by atoms with van der Waals surface area (Å²) in [4.78, 5) is 39.9. The van der Waals surface area contributed by atoms with Crippen LogP contribution in [0.4, 0.5) is 0 Å². The summed E-state index contributed by atoms with van der Waals surface area (Å²) in [7, 11) is 0. The molecule has 1 saturated heterocycles. The smallest absolute Gasteiger partial charge is 0.243 e. The van der Waals surface area contributed by atoms with Gasteiger partial charge in [-0.1, -0.05) is 0 Å². The highest BCUT2D eigenvalue weighted by molar-refractivity contribution is 5.92. The first kappa shape index (κ1) is 18.8. The first-order valence-corrected chi connectivity index (χ1v) is 10.7. The zero-order valence-electron chi connectivity index (χ0n) is 16.6. The molecule has 1 aliphatic heterocycles. The molecule has 0 spiro atoms. The van der Waals surface area contributed by atoms with Crippen molar-refractivity contribution >= 4 is 17.7 Å². The summed E-state index contributed by atoms with van der Waals surface area (Å²) < 4.78 is 0. The molecule has 1 unspecified atom stereocenters. The molecule has 3 amide bonds. The Morgan fingerprint density at radius 1 is 1.04 bits per heavy atom. The van der Waals surface area contributed by atoms with Crippen molar-refractivity contribution in [2.45, 2.75) is 77.3 Å². The predicted octanol–water partition coefficient (Wildman–Crippen LogP) is 1.83. The van der Waals surface area contributed by atoms with Crippen molar-refractivity contribution in [1.82, 2.24) is 15.5 Å². The SMILES string of the molecule is CC(C)NC(=O)CNC(=O)C1CCCN1C(=O)C12CC3CC(CC(C3)C1)C2. The Bertz CT molecular complexity index is 595. The summed E-state index contributed by atoms with van der Waals surface area (Å²) in [5.41, 5.74) is -0.202.